The molecule has 0 aliphatic carbocycles. The Morgan fingerprint density at radius 2 is 1.88 bits per heavy atom. The highest BCUT2D eigenvalue weighted by atomic mass is 31.2. The number of anilines is 1. The van der Waals surface area contributed by atoms with E-state index < -0.39 is 18.3 Å². The number of nitro groups is 1. The number of rotatable bonds is 5. The first kappa shape index (κ1) is 18.4. The lowest BCUT2D eigenvalue weighted by Gasteiger charge is -2.34. The van der Waals surface area contributed by atoms with Crippen LogP contribution in [0.2, 0.25) is 0 Å². The molecular formula is C17H19N2O6P. The van der Waals surface area contributed by atoms with Crippen LogP contribution in [0.15, 0.2) is 48.5 Å². The van der Waals surface area contributed by atoms with E-state index in [2.05, 4.69) is 5.32 Å². The van der Waals surface area contributed by atoms with Gasteiger partial charge in [0.05, 0.1) is 17.6 Å². The predicted molar refractivity (Wildman–Crippen MR) is 96.3 cm³/mol. The molecule has 2 N–H and O–H groups in total. The Balaban J connectivity index is 1.96. The number of nitrogens with one attached hydrogen (secondary N) is 1. The maximum absolute atomic E-state index is 13.3. The van der Waals surface area contributed by atoms with Gasteiger partial charge in [-0.25, -0.2) is 0 Å². The number of phenolic OH excluding ortho intramolecular Hbond substituents is 1. The first-order valence-corrected chi connectivity index (χ1v) is 9.71. The van der Waals surface area contributed by atoms with Crippen molar-refractivity contribution in [2.75, 3.05) is 11.9 Å². The zero-order valence-electron chi connectivity index (χ0n) is 14.1. The highest BCUT2D eigenvalue weighted by Crippen LogP contribution is 2.63. The lowest BCUT2D eigenvalue weighted by atomic mass is 10.2. The predicted octanol–water partition coefficient (Wildman–Crippen LogP) is 4.43. The van der Waals surface area contributed by atoms with Gasteiger partial charge in [-0.15, -0.1) is 0 Å². The Bertz CT molecular complexity index is 824. The standard InChI is InChI=1S/C17H19N2O6P/c1-12-10-11-24-26(23,25-12)17(18-14-4-8-16(20)9-5-14)13-2-6-15(7-3-13)19(21)22/h2-9,12,17-18,20H,10-11H2,1H3/t12-,17-,26-/m0/s1. The van der Waals surface area contributed by atoms with Gasteiger partial charge >= 0.3 is 7.60 Å². The van der Waals surface area contributed by atoms with E-state index in [1.54, 1.807) is 12.1 Å². The van der Waals surface area contributed by atoms with Crippen LogP contribution in [0.3, 0.4) is 0 Å². The van der Waals surface area contributed by atoms with Gasteiger partial charge in [-0.05, 0) is 55.3 Å². The number of hydrogen-bond acceptors (Lipinski definition) is 7. The lowest BCUT2D eigenvalue weighted by Crippen LogP contribution is -2.23. The van der Waals surface area contributed by atoms with Crippen molar-refractivity contribution in [3.8, 4) is 5.75 Å². The summed E-state index contributed by atoms with van der Waals surface area (Å²) in [4.78, 5) is 10.4. The largest absolute Gasteiger partial charge is 0.508 e. The van der Waals surface area contributed by atoms with Crippen molar-refractivity contribution >= 4 is 19.0 Å². The van der Waals surface area contributed by atoms with E-state index in [0.717, 1.165) is 0 Å². The molecule has 1 aliphatic heterocycles. The fraction of sp³-hybridized carbons (Fsp3) is 0.294. The van der Waals surface area contributed by atoms with Gasteiger partial charge in [0.2, 0.25) is 0 Å². The van der Waals surface area contributed by atoms with Crippen LogP contribution in [0.1, 0.15) is 24.7 Å². The molecule has 1 saturated heterocycles. The third-order valence-corrected chi connectivity index (χ3v) is 6.28. The van der Waals surface area contributed by atoms with Crippen molar-refractivity contribution in [2.24, 2.45) is 0 Å². The van der Waals surface area contributed by atoms with Crippen LogP contribution in [0.4, 0.5) is 11.4 Å². The molecular weight excluding hydrogens is 359 g/mol. The summed E-state index contributed by atoms with van der Waals surface area (Å²) < 4.78 is 24.5. The quantitative estimate of drug-likeness (QED) is 0.343. The third kappa shape index (κ3) is 4.04. The van der Waals surface area contributed by atoms with E-state index in [4.69, 9.17) is 9.05 Å². The molecule has 0 spiro atoms. The van der Waals surface area contributed by atoms with Gasteiger partial charge in [0.15, 0.2) is 5.78 Å². The second kappa shape index (κ2) is 7.45. The number of nitro benzene ring substituents is 1. The number of nitrogens with zero attached hydrogens (tertiary/aromatic N) is 1. The average Bonchev–Trinajstić information content (AvgIpc) is 2.61. The normalized spacial score (nSPS) is 24.0. The van der Waals surface area contributed by atoms with Crippen LogP contribution >= 0.6 is 7.60 Å². The van der Waals surface area contributed by atoms with E-state index in [0.29, 0.717) is 24.3 Å². The molecule has 3 atom stereocenters. The zero-order valence-corrected chi connectivity index (χ0v) is 15.0. The van der Waals surface area contributed by atoms with Gasteiger partial charge in [0, 0.05) is 17.8 Å². The molecule has 9 heteroatoms. The molecule has 1 fully saturated rings. The van der Waals surface area contributed by atoms with E-state index >= 15 is 0 Å². The Kier molecular flexibility index (Phi) is 5.27. The molecule has 1 aliphatic rings. The van der Waals surface area contributed by atoms with Gasteiger partial charge in [-0.2, -0.15) is 0 Å². The van der Waals surface area contributed by atoms with Crippen LogP contribution < -0.4 is 5.32 Å². The van der Waals surface area contributed by atoms with Gasteiger partial charge in [-0.1, -0.05) is 0 Å². The first-order chi connectivity index (χ1) is 12.4. The second-order valence-corrected chi connectivity index (χ2v) is 8.09. The van der Waals surface area contributed by atoms with Crippen molar-refractivity contribution in [1.29, 1.82) is 0 Å². The summed E-state index contributed by atoms with van der Waals surface area (Å²) >= 11 is 0. The molecule has 0 amide bonds. The Morgan fingerprint density at radius 3 is 2.46 bits per heavy atom. The van der Waals surface area contributed by atoms with Crippen molar-refractivity contribution in [3.63, 3.8) is 0 Å². The molecule has 0 unspecified atom stereocenters. The summed E-state index contributed by atoms with van der Waals surface area (Å²) in [5, 5.41) is 23.4. The van der Waals surface area contributed by atoms with Crippen LogP contribution in [0.25, 0.3) is 0 Å². The topological polar surface area (TPSA) is 111 Å². The lowest BCUT2D eigenvalue weighted by molar-refractivity contribution is -0.384. The molecule has 0 saturated carbocycles. The SMILES string of the molecule is C[C@H]1CCO[P@@](=O)([C@H](Nc2ccc(O)cc2)c2ccc([N+](=O)[O-])cc2)O1. The maximum atomic E-state index is 13.3. The number of phenols is 1. The highest BCUT2D eigenvalue weighted by molar-refractivity contribution is 7.54. The van der Waals surface area contributed by atoms with E-state index in [1.807, 2.05) is 6.92 Å². The Hall–Kier alpha value is -2.41. The summed E-state index contributed by atoms with van der Waals surface area (Å²) in [7, 11) is -3.56. The molecule has 1 heterocycles. The van der Waals surface area contributed by atoms with Gasteiger partial charge in [0.25, 0.3) is 5.69 Å². The van der Waals surface area contributed by atoms with E-state index in [1.165, 1.54) is 36.4 Å². The molecule has 8 nitrogen and oxygen atoms in total. The van der Waals surface area contributed by atoms with Gasteiger partial charge in [-0.3, -0.25) is 14.7 Å². The number of hydrogen-bond donors (Lipinski definition) is 2. The fourth-order valence-corrected chi connectivity index (χ4v) is 4.80. The summed E-state index contributed by atoms with van der Waals surface area (Å²) in [5.74, 6) is -0.733. The zero-order chi connectivity index (χ0) is 18.7. The molecule has 2 aromatic carbocycles. The van der Waals surface area contributed by atoms with E-state index in [-0.39, 0.29) is 17.5 Å². The Morgan fingerprint density at radius 1 is 1.23 bits per heavy atom. The molecule has 2 aromatic rings. The summed E-state index contributed by atoms with van der Waals surface area (Å²) in [6.07, 6.45) is 0.410. The minimum Gasteiger partial charge on any atom is -0.508 e. The van der Waals surface area contributed by atoms with Crippen molar-refractivity contribution < 1.29 is 23.6 Å². The minimum atomic E-state index is -3.56. The van der Waals surface area contributed by atoms with Crippen LogP contribution in [0.5, 0.6) is 5.75 Å². The summed E-state index contributed by atoms with van der Waals surface area (Å²) in [6, 6.07) is 12.0. The smallest absolute Gasteiger partial charge is 0.357 e. The molecule has 26 heavy (non-hydrogen) atoms. The van der Waals surface area contributed by atoms with Crippen LogP contribution in [-0.2, 0) is 13.6 Å². The van der Waals surface area contributed by atoms with Crippen molar-refractivity contribution in [2.45, 2.75) is 25.2 Å². The van der Waals surface area contributed by atoms with Crippen LogP contribution in [-0.4, -0.2) is 22.7 Å². The second-order valence-electron chi connectivity index (χ2n) is 6.02. The molecule has 0 bridgehead atoms. The average molecular weight is 378 g/mol. The molecule has 3 rings (SSSR count). The van der Waals surface area contributed by atoms with Gasteiger partial charge < -0.3 is 19.5 Å². The van der Waals surface area contributed by atoms with E-state index in [9.17, 15) is 19.8 Å². The third-order valence-electron chi connectivity index (χ3n) is 4.03. The van der Waals surface area contributed by atoms with Crippen LogP contribution in [0, 0.1) is 10.1 Å². The highest BCUT2D eigenvalue weighted by Gasteiger charge is 2.41. The number of non-ortho nitro benzene ring substituents is 1. The summed E-state index contributed by atoms with van der Waals surface area (Å²) in [5.41, 5.74) is 1.09. The molecule has 0 radical (unpaired) electrons. The maximum Gasteiger partial charge on any atom is 0.357 e. The monoisotopic (exact) mass is 378 g/mol. The Labute approximate surface area is 150 Å². The molecule has 138 valence electrons. The van der Waals surface area contributed by atoms with Gasteiger partial charge in [0.1, 0.15) is 5.75 Å². The number of aromatic hydroxyl groups is 1. The summed E-state index contributed by atoms with van der Waals surface area (Å²) in [6.45, 7) is 2.13. The van der Waals surface area contributed by atoms with Crippen molar-refractivity contribution in [3.05, 3.63) is 64.2 Å². The minimum absolute atomic E-state index is 0.0609. The fourth-order valence-electron chi connectivity index (χ4n) is 2.65. The molecule has 0 aromatic heterocycles. The van der Waals surface area contributed by atoms with Crippen molar-refractivity contribution in [1.82, 2.24) is 0 Å². The number of benzene rings is 2. The first-order valence-electron chi connectivity index (χ1n) is 8.10.